The lowest BCUT2D eigenvalue weighted by molar-refractivity contribution is 0.483. The van der Waals surface area contributed by atoms with Gasteiger partial charge in [0.25, 0.3) is 0 Å². The minimum atomic E-state index is 0.608. The second-order valence-corrected chi connectivity index (χ2v) is 22.3. The second kappa shape index (κ2) is 19.9. The second-order valence-electron chi connectivity index (χ2n) is 22.3. The van der Waals surface area contributed by atoms with E-state index < -0.39 is 0 Å². The molecule has 86 heavy (non-hydrogen) atoms. The molecule has 1 aliphatic heterocycles. The van der Waals surface area contributed by atoms with Gasteiger partial charge in [0, 0.05) is 78.6 Å². The number of hydrogen-bond donors (Lipinski definition) is 0. The van der Waals surface area contributed by atoms with Gasteiger partial charge < -0.3 is 23.7 Å². The van der Waals surface area contributed by atoms with E-state index in [1.54, 1.807) is 0 Å². The molecule has 0 saturated carbocycles. The minimum absolute atomic E-state index is 0.608. The Hall–Kier alpha value is -11.4. The fourth-order valence-corrected chi connectivity index (χ4v) is 13.7. The van der Waals surface area contributed by atoms with E-state index in [0.29, 0.717) is 6.67 Å². The SMILES string of the molecule is Cc1cc(-n2c3ccccc3c3ccc(Oc4cccc(N5CN(c6c(-c7ccccc7)cccc6-c6ccccc6)c6ccccc65)c4)cc32)ncc1-c1c(-n2c3ccccc3c3ccccc32)cccc1-n1c2ccccc2c2ccccc21. The maximum atomic E-state index is 6.97. The van der Waals surface area contributed by atoms with Crippen molar-refractivity contribution in [1.82, 2.24) is 18.7 Å². The van der Waals surface area contributed by atoms with Gasteiger partial charge in [-0.1, -0.05) is 194 Å². The monoisotopic (exact) mass is 1100 g/mol. The van der Waals surface area contributed by atoms with Crippen LogP contribution in [0, 0.1) is 6.92 Å². The number of hydrogen-bond acceptors (Lipinski definition) is 4. The van der Waals surface area contributed by atoms with Gasteiger partial charge in [-0.15, -0.1) is 0 Å². The molecule has 0 radical (unpaired) electrons. The molecule has 0 aliphatic carbocycles. The summed E-state index contributed by atoms with van der Waals surface area (Å²) in [7, 11) is 0. The average molecular weight is 1100 g/mol. The number of anilines is 4. The van der Waals surface area contributed by atoms with E-state index in [2.05, 4.69) is 328 Å². The molecular formula is C79H54N6O. The smallest absolute Gasteiger partial charge is 0.137 e. The lowest BCUT2D eigenvalue weighted by Gasteiger charge is -2.27. The summed E-state index contributed by atoms with van der Waals surface area (Å²) in [6.45, 7) is 2.84. The molecule has 0 saturated heterocycles. The van der Waals surface area contributed by atoms with E-state index in [1.807, 2.05) is 0 Å². The van der Waals surface area contributed by atoms with E-state index in [4.69, 9.17) is 9.72 Å². The fraction of sp³-hybridized carbons (Fsp3) is 0.0253. The lowest BCUT2D eigenvalue weighted by Crippen LogP contribution is -2.24. The first-order valence-electron chi connectivity index (χ1n) is 29.4. The van der Waals surface area contributed by atoms with Crippen LogP contribution in [-0.2, 0) is 0 Å². The summed E-state index contributed by atoms with van der Waals surface area (Å²) >= 11 is 0. The Balaban J connectivity index is 0.772. The first-order chi connectivity index (χ1) is 42.6. The molecule has 0 spiro atoms. The molecule has 0 bridgehead atoms. The summed E-state index contributed by atoms with van der Waals surface area (Å²) in [6.07, 6.45) is 2.10. The summed E-state index contributed by atoms with van der Waals surface area (Å²) in [5, 5.41) is 7.12. The topological polar surface area (TPSA) is 43.4 Å². The quantitative estimate of drug-likeness (QED) is 0.137. The van der Waals surface area contributed by atoms with Crippen LogP contribution >= 0.6 is 0 Å². The van der Waals surface area contributed by atoms with E-state index >= 15 is 0 Å². The molecule has 1 aliphatic rings. The van der Waals surface area contributed by atoms with E-state index in [1.165, 1.54) is 49.5 Å². The van der Waals surface area contributed by atoms with Gasteiger partial charge in [0.05, 0.1) is 61.5 Å². The molecule has 0 unspecified atom stereocenters. The van der Waals surface area contributed by atoms with Crippen molar-refractivity contribution in [2.75, 3.05) is 16.5 Å². The van der Waals surface area contributed by atoms with Crippen molar-refractivity contribution >= 4 is 88.2 Å². The fourth-order valence-electron chi connectivity index (χ4n) is 13.7. The van der Waals surface area contributed by atoms with Crippen molar-refractivity contribution in [2.45, 2.75) is 6.92 Å². The standard InChI is InChI=1S/C79H54N6O/c1-52-47-77(80-50-66(52)78-74(83-67-36-13-8-29-60(67)61-30-9-14-37-68(61)83)43-22-44-75(78)84-69-38-15-10-31-62(69)63-32-11-16-39-70(63)84)85-71-40-17-12-33-64(71)65-46-45-57(49-76(65)85)86-56-28-20-27-55(48-56)81-51-82(73-42-19-18-41-72(73)81)79-58(53-23-4-2-5-24-53)34-21-35-59(79)54-25-6-3-7-26-54/h2-50H,51H2,1H3. The van der Waals surface area contributed by atoms with Gasteiger partial charge in [0.15, 0.2) is 0 Å². The lowest BCUT2D eigenvalue weighted by atomic mass is 9.95. The largest absolute Gasteiger partial charge is 0.457 e. The van der Waals surface area contributed by atoms with Crippen LogP contribution in [0.1, 0.15) is 5.56 Å². The Morgan fingerprint density at radius 1 is 0.326 bits per heavy atom. The van der Waals surface area contributed by atoms with Crippen LogP contribution in [0.2, 0.25) is 0 Å². The number of aryl methyl sites for hydroxylation is 1. The first-order valence-corrected chi connectivity index (χ1v) is 29.4. The highest BCUT2D eigenvalue weighted by atomic mass is 16.5. The van der Waals surface area contributed by atoms with Crippen molar-refractivity contribution in [2.24, 2.45) is 0 Å². The summed E-state index contributed by atoms with van der Waals surface area (Å²) in [4.78, 5) is 10.4. The highest BCUT2D eigenvalue weighted by Crippen LogP contribution is 2.51. The molecule has 16 aromatic rings. The van der Waals surface area contributed by atoms with Crippen molar-refractivity contribution in [3.05, 3.63) is 303 Å². The van der Waals surface area contributed by atoms with Gasteiger partial charge in [-0.3, -0.25) is 4.57 Å². The van der Waals surface area contributed by atoms with E-state index in [-0.39, 0.29) is 0 Å². The van der Waals surface area contributed by atoms with Crippen LogP contribution < -0.4 is 14.5 Å². The number of benzene rings is 12. The molecule has 7 heteroatoms. The van der Waals surface area contributed by atoms with E-state index in [0.717, 1.165) is 106 Å². The molecule has 12 aromatic carbocycles. The number of rotatable bonds is 10. The summed E-state index contributed by atoms with van der Waals surface area (Å²) in [5.41, 5.74) is 21.3. The summed E-state index contributed by atoms with van der Waals surface area (Å²) < 4.78 is 14.2. The summed E-state index contributed by atoms with van der Waals surface area (Å²) in [6, 6.07) is 104. The molecule has 7 nitrogen and oxygen atoms in total. The van der Waals surface area contributed by atoms with Crippen LogP contribution in [0.5, 0.6) is 11.5 Å². The molecule has 4 aromatic heterocycles. The number of aromatic nitrogens is 4. The average Bonchev–Trinajstić information content (AvgIpc) is 2.17. The normalized spacial score (nSPS) is 12.4. The highest BCUT2D eigenvalue weighted by molar-refractivity contribution is 6.13. The number of nitrogens with zero attached hydrogens (tertiary/aromatic N) is 6. The highest BCUT2D eigenvalue weighted by Gasteiger charge is 2.32. The molecule has 17 rings (SSSR count). The van der Waals surface area contributed by atoms with Crippen LogP contribution in [0.15, 0.2) is 297 Å². The molecule has 0 amide bonds. The summed E-state index contributed by atoms with van der Waals surface area (Å²) in [5.74, 6) is 2.30. The Morgan fingerprint density at radius 2 is 0.756 bits per heavy atom. The maximum Gasteiger partial charge on any atom is 0.137 e. The Bertz CT molecular complexity index is 5050. The molecular weight excluding hydrogens is 1050 g/mol. The molecule has 0 fully saturated rings. The predicted molar refractivity (Wildman–Crippen MR) is 357 cm³/mol. The zero-order valence-electron chi connectivity index (χ0n) is 47.1. The Labute approximate surface area is 497 Å². The molecule has 0 atom stereocenters. The number of fused-ring (bicyclic) bond motifs is 10. The first kappa shape index (κ1) is 49.2. The van der Waals surface area contributed by atoms with Crippen LogP contribution in [0.25, 0.3) is 116 Å². The maximum absolute atomic E-state index is 6.97. The zero-order valence-corrected chi connectivity index (χ0v) is 47.1. The van der Waals surface area contributed by atoms with Gasteiger partial charge in [-0.2, -0.15) is 0 Å². The third kappa shape index (κ3) is 7.79. The van der Waals surface area contributed by atoms with Crippen LogP contribution in [-0.4, -0.2) is 25.4 Å². The van der Waals surface area contributed by atoms with Crippen molar-refractivity contribution in [3.63, 3.8) is 0 Å². The molecule has 5 heterocycles. The third-order valence-electron chi connectivity index (χ3n) is 17.5. The number of pyridine rings is 1. The zero-order chi connectivity index (χ0) is 56.8. The Morgan fingerprint density at radius 3 is 1.29 bits per heavy atom. The van der Waals surface area contributed by atoms with Gasteiger partial charge >= 0.3 is 0 Å². The third-order valence-corrected chi connectivity index (χ3v) is 17.5. The van der Waals surface area contributed by atoms with Crippen molar-refractivity contribution in [1.29, 1.82) is 0 Å². The van der Waals surface area contributed by atoms with Gasteiger partial charge in [-0.05, 0) is 109 Å². The number of ether oxygens (including phenoxy) is 1. The Kier molecular flexibility index (Phi) is 11.4. The van der Waals surface area contributed by atoms with Gasteiger partial charge in [-0.25, -0.2) is 4.98 Å². The van der Waals surface area contributed by atoms with Crippen molar-refractivity contribution in [3.8, 4) is 62.1 Å². The van der Waals surface area contributed by atoms with Crippen LogP contribution in [0.4, 0.5) is 22.7 Å². The minimum Gasteiger partial charge on any atom is -0.457 e. The van der Waals surface area contributed by atoms with Crippen molar-refractivity contribution < 1.29 is 4.74 Å². The number of para-hydroxylation sites is 8. The van der Waals surface area contributed by atoms with Gasteiger partial charge in [0.2, 0.25) is 0 Å². The predicted octanol–water partition coefficient (Wildman–Crippen LogP) is 20.7. The van der Waals surface area contributed by atoms with E-state index in [9.17, 15) is 0 Å². The van der Waals surface area contributed by atoms with Crippen LogP contribution in [0.3, 0.4) is 0 Å². The molecule has 0 N–H and O–H groups in total. The molecule has 406 valence electrons. The van der Waals surface area contributed by atoms with Gasteiger partial charge in [0.1, 0.15) is 24.0 Å².